The first kappa shape index (κ1) is 8.65. The molecule has 0 saturated carbocycles. The van der Waals surface area contributed by atoms with Gasteiger partial charge in [-0.3, -0.25) is 0 Å². The topological polar surface area (TPSA) is 21.3 Å². The molecule has 2 nitrogen and oxygen atoms in total. The van der Waals surface area contributed by atoms with Crippen LogP contribution in [0.3, 0.4) is 0 Å². The summed E-state index contributed by atoms with van der Waals surface area (Å²) in [6.07, 6.45) is 1.68. The summed E-state index contributed by atoms with van der Waals surface area (Å²) in [5, 5.41) is 3.02. The van der Waals surface area contributed by atoms with Gasteiger partial charge in [-0.05, 0) is 23.9 Å². The van der Waals surface area contributed by atoms with Gasteiger partial charge in [0.1, 0.15) is 5.75 Å². The number of ether oxygens (including phenoxy) is 1. The van der Waals surface area contributed by atoms with Crippen LogP contribution < -0.4 is 10.1 Å². The van der Waals surface area contributed by atoms with Crippen LogP contribution in [0.2, 0.25) is 0 Å². The van der Waals surface area contributed by atoms with E-state index in [0.717, 1.165) is 12.3 Å². The molecule has 0 aliphatic rings. The van der Waals surface area contributed by atoms with Crippen molar-refractivity contribution in [2.75, 3.05) is 7.11 Å². The summed E-state index contributed by atoms with van der Waals surface area (Å²) in [7, 11) is 1.67. The lowest BCUT2D eigenvalue weighted by Gasteiger charge is -2.03. The quantitative estimate of drug-likeness (QED) is 0.732. The van der Waals surface area contributed by atoms with Gasteiger partial charge in [0.05, 0.1) is 7.11 Å². The average molecular weight is 163 g/mol. The number of hydrogen-bond donors (Lipinski definition) is 1. The predicted molar refractivity (Wildman–Crippen MR) is 50.0 cm³/mol. The first-order chi connectivity index (χ1) is 5.86. The molecule has 1 rings (SSSR count). The molecule has 0 bridgehead atoms. The van der Waals surface area contributed by atoms with Gasteiger partial charge in [0.25, 0.3) is 0 Å². The summed E-state index contributed by atoms with van der Waals surface area (Å²) < 4.78 is 5.08. The van der Waals surface area contributed by atoms with Crippen LogP contribution in [0.1, 0.15) is 5.56 Å². The molecule has 0 atom stereocenters. The molecule has 0 saturated heterocycles. The highest BCUT2D eigenvalue weighted by molar-refractivity contribution is 5.28. The lowest BCUT2D eigenvalue weighted by molar-refractivity contribution is 0.414. The second-order valence-electron chi connectivity index (χ2n) is 2.44. The summed E-state index contributed by atoms with van der Waals surface area (Å²) in [6, 6.07) is 7.94. The standard InChI is InChI=1S/C10H13NO/c1-3-11-8-9-5-4-6-10(7-9)12-2/h3-7,11H,1,8H2,2H3. The minimum Gasteiger partial charge on any atom is -0.497 e. The summed E-state index contributed by atoms with van der Waals surface area (Å²) in [5.74, 6) is 0.887. The Morgan fingerprint density at radius 3 is 3.08 bits per heavy atom. The molecule has 1 aromatic carbocycles. The van der Waals surface area contributed by atoms with Gasteiger partial charge in [-0.15, -0.1) is 0 Å². The van der Waals surface area contributed by atoms with E-state index in [2.05, 4.69) is 11.9 Å². The zero-order chi connectivity index (χ0) is 8.81. The summed E-state index contributed by atoms with van der Waals surface area (Å²) in [6.45, 7) is 4.37. The van der Waals surface area contributed by atoms with Gasteiger partial charge in [0, 0.05) is 6.54 Å². The maximum atomic E-state index is 5.08. The van der Waals surface area contributed by atoms with Crippen LogP contribution in [0.25, 0.3) is 0 Å². The third-order valence-electron chi connectivity index (χ3n) is 1.58. The van der Waals surface area contributed by atoms with Crippen LogP contribution in [0.4, 0.5) is 0 Å². The van der Waals surface area contributed by atoms with E-state index in [-0.39, 0.29) is 0 Å². The predicted octanol–water partition coefficient (Wildman–Crippen LogP) is 1.93. The van der Waals surface area contributed by atoms with Crippen molar-refractivity contribution in [1.82, 2.24) is 5.32 Å². The summed E-state index contributed by atoms with van der Waals surface area (Å²) >= 11 is 0. The molecule has 12 heavy (non-hydrogen) atoms. The monoisotopic (exact) mass is 163 g/mol. The lowest BCUT2D eigenvalue weighted by Crippen LogP contribution is -2.03. The Balaban J connectivity index is 2.65. The smallest absolute Gasteiger partial charge is 0.119 e. The van der Waals surface area contributed by atoms with Crippen molar-refractivity contribution in [3.63, 3.8) is 0 Å². The first-order valence-electron chi connectivity index (χ1n) is 3.84. The number of rotatable bonds is 4. The maximum absolute atomic E-state index is 5.08. The fraction of sp³-hybridized carbons (Fsp3) is 0.200. The molecular formula is C10H13NO. The minimum atomic E-state index is 0.792. The fourth-order valence-corrected chi connectivity index (χ4v) is 0.972. The third-order valence-corrected chi connectivity index (χ3v) is 1.58. The second-order valence-corrected chi connectivity index (χ2v) is 2.44. The van der Waals surface area contributed by atoms with E-state index in [4.69, 9.17) is 4.74 Å². The first-order valence-corrected chi connectivity index (χ1v) is 3.84. The van der Waals surface area contributed by atoms with Crippen molar-refractivity contribution in [1.29, 1.82) is 0 Å². The zero-order valence-electron chi connectivity index (χ0n) is 7.21. The highest BCUT2D eigenvalue weighted by Crippen LogP contribution is 2.11. The van der Waals surface area contributed by atoms with Crippen LogP contribution in [-0.4, -0.2) is 7.11 Å². The highest BCUT2D eigenvalue weighted by atomic mass is 16.5. The van der Waals surface area contributed by atoms with Crippen LogP contribution in [-0.2, 0) is 6.54 Å². The molecule has 1 N–H and O–H groups in total. The van der Waals surface area contributed by atoms with Gasteiger partial charge in [-0.25, -0.2) is 0 Å². The summed E-state index contributed by atoms with van der Waals surface area (Å²) in [4.78, 5) is 0. The van der Waals surface area contributed by atoms with Crippen molar-refractivity contribution in [3.8, 4) is 5.75 Å². The van der Waals surface area contributed by atoms with Gasteiger partial charge in [0.2, 0.25) is 0 Å². The average Bonchev–Trinajstić information content (AvgIpc) is 2.15. The minimum absolute atomic E-state index is 0.792. The van der Waals surface area contributed by atoms with Crippen molar-refractivity contribution in [2.24, 2.45) is 0 Å². The molecule has 2 heteroatoms. The largest absolute Gasteiger partial charge is 0.497 e. The molecule has 0 heterocycles. The molecule has 0 radical (unpaired) electrons. The zero-order valence-corrected chi connectivity index (χ0v) is 7.21. The van der Waals surface area contributed by atoms with Gasteiger partial charge in [-0.2, -0.15) is 0 Å². The van der Waals surface area contributed by atoms with Gasteiger partial charge < -0.3 is 10.1 Å². The molecule has 1 aromatic rings. The van der Waals surface area contributed by atoms with Gasteiger partial charge >= 0.3 is 0 Å². The maximum Gasteiger partial charge on any atom is 0.119 e. The van der Waals surface area contributed by atoms with E-state index in [9.17, 15) is 0 Å². The van der Waals surface area contributed by atoms with E-state index < -0.39 is 0 Å². The van der Waals surface area contributed by atoms with Gasteiger partial charge in [-0.1, -0.05) is 18.7 Å². The molecular weight excluding hydrogens is 150 g/mol. The van der Waals surface area contributed by atoms with E-state index >= 15 is 0 Å². The Morgan fingerprint density at radius 2 is 2.42 bits per heavy atom. The third kappa shape index (κ3) is 2.31. The van der Waals surface area contributed by atoms with Crippen molar-refractivity contribution in [2.45, 2.75) is 6.54 Å². The number of nitrogens with one attached hydrogen (secondary N) is 1. The molecule has 0 aliphatic carbocycles. The van der Waals surface area contributed by atoms with Crippen molar-refractivity contribution < 1.29 is 4.74 Å². The number of methoxy groups -OCH3 is 1. The lowest BCUT2D eigenvalue weighted by atomic mass is 10.2. The SMILES string of the molecule is C=CNCc1cccc(OC)c1. The van der Waals surface area contributed by atoms with E-state index in [1.807, 2.05) is 24.3 Å². The molecule has 0 spiro atoms. The molecule has 0 fully saturated rings. The molecule has 64 valence electrons. The number of hydrogen-bond acceptors (Lipinski definition) is 2. The molecule has 0 aromatic heterocycles. The Bertz CT molecular complexity index is 258. The Labute approximate surface area is 72.9 Å². The Kier molecular flexibility index (Phi) is 3.20. The molecule has 0 unspecified atom stereocenters. The van der Waals surface area contributed by atoms with Gasteiger partial charge in [0.15, 0.2) is 0 Å². The highest BCUT2D eigenvalue weighted by Gasteiger charge is 1.92. The normalized spacial score (nSPS) is 9.08. The Morgan fingerprint density at radius 1 is 1.58 bits per heavy atom. The van der Waals surface area contributed by atoms with Crippen LogP contribution >= 0.6 is 0 Å². The molecule has 0 amide bonds. The van der Waals surface area contributed by atoms with Crippen LogP contribution in [0, 0.1) is 0 Å². The number of benzene rings is 1. The van der Waals surface area contributed by atoms with Crippen LogP contribution in [0.5, 0.6) is 5.75 Å². The van der Waals surface area contributed by atoms with Crippen molar-refractivity contribution >= 4 is 0 Å². The summed E-state index contributed by atoms with van der Waals surface area (Å²) in [5.41, 5.74) is 1.19. The Hall–Kier alpha value is -1.44. The van der Waals surface area contributed by atoms with Crippen LogP contribution in [0.15, 0.2) is 37.0 Å². The van der Waals surface area contributed by atoms with E-state index in [1.165, 1.54) is 5.56 Å². The second kappa shape index (κ2) is 4.44. The fourth-order valence-electron chi connectivity index (χ4n) is 0.972. The molecule has 0 aliphatic heterocycles. The van der Waals surface area contributed by atoms with E-state index in [1.54, 1.807) is 13.3 Å². The van der Waals surface area contributed by atoms with Crippen molar-refractivity contribution in [3.05, 3.63) is 42.6 Å². The van der Waals surface area contributed by atoms with E-state index in [0.29, 0.717) is 0 Å².